The van der Waals surface area contributed by atoms with Gasteiger partial charge in [0, 0.05) is 24.2 Å². The second-order valence-corrected chi connectivity index (χ2v) is 7.38. The average Bonchev–Trinajstić information content (AvgIpc) is 2.79. The molecule has 5 nitrogen and oxygen atoms in total. The van der Waals surface area contributed by atoms with Gasteiger partial charge in [-0.25, -0.2) is 9.97 Å². The fourth-order valence-electron chi connectivity index (χ4n) is 3.03. The highest BCUT2D eigenvalue weighted by atomic mass is 32.2. The lowest BCUT2D eigenvalue weighted by Gasteiger charge is -2.26. The summed E-state index contributed by atoms with van der Waals surface area (Å²) in [4.78, 5) is 23.7. The van der Waals surface area contributed by atoms with Crippen LogP contribution in [0.4, 0.5) is 0 Å². The highest BCUT2D eigenvalue weighted by Crippen LogP contribution is 2.27. The van der Waals surface area contributed by atoms with E-state index in [0.29, 0.717) is 37.2 Å². The molecule has 0 atom stereocenters. The van der Waals surface area contributed by atoms with Gasteiger partial charge in [0.25, 0.3) is 0 Å². The third-order valence-corrected chi connectivity index (χ3v) is 5.37. The third kappa shape index (κ3) is 4.58. The molecule has 3 aromatic rings. The molecule has 2 heterocycles. The predicted molar refractivity (Wildman–Crippen MR) is 111 cm³/mol. The van der Waals surface area contributed by atoms with Gasteiger partial charge in [-0.1, -0.05) is 72.4 Å². The maximum Gasteiger partial charge on any atom is 0.233 e. The Hall–Kier alpha value is -2.70. The van der Waals surface area contributed by atoms with Crippen LogP contribution >= 0.6 is 11.8 Å². The summed E-state index contributed by atoms with van der Waals surface area (Å²) in [5.74, 6) is 0.426. The number of rotatable bonds is 5. The van der Waals surface area contributed by atoms with Gasteiger partial charge in [-0.3, -0.25) is 4.79 Å². The molecule has 1 aromatic heterocycles. The van der Waals surface area contributed by atoms with Crippen LogP contribution in [0.3, 0.4) is 0 Å². The molecular formula is C22H21N3O2S. The Balaban J connectivity index is 1.59. The topological polar surface area (TPSA) is 55.3 Å². The van der Waals surface area contributed by atoms with Gasteiger partial charge < -0.3 is 9.64 Å². The molecule has 142 valence electrons. The van der Waals surface area contributed by atoms with Crippen LogP contribution in [0, 0.1) is 0 Å². The van der Waals surface area contributed by atoms with Gasteiger partial charge in [-0.2, -0.15) is 0 Å². The first kappa shape index (κ1) is 18.7. The van der Waals surface area contributed by atoms with E-state index < -0.39 is 0 Å². The molecule has 28 heavy (non-hydrogen) atoms. The van der Waals surface area contributed by atoms with E-state index in [1.54, 1.807) is 0 Å². The van der Waals surface area contributed by atoms with Crippen LogP contribution in [0.15, 0.2) is 71.9 Å². The zero-order valence-electron chi connectivity index (χ0n) is 15.5. The highest BCUT2D eigenvalue weighted by Gasteiger charge is 2.18. The van der Waals surface area contributed by atoms with Crippen molar-refractivity contribution in [3.8, 4) is 22.5 Å². The fourth-order valence-corrected chi connectivity index (χ4v) is 3.79. The van der Waals surface area contributed by atoms with Crippen molar-refractivity contribution >= 4 is 17.7 Å². The lowest BCUT2D eigenvalue weighted by Crippen LogP contribution is -2.41. The maximum absolute atomic E-state index is 12.5. The van der Waals surface area contributed by atoms with E-state index in [1.165, 1.54) is 11.8 Å². The van der Waals surface area contributed by atoms with E-state index in [0.717, 1.165) is 22.5 Å². The molecule has 0 N–H and O–H groups in total. The van der Waals surface area contributed by atoms with Crippen LogP contribution in [0.1, 0.15) is 0 Å². The smallest absolute Gasteiger partial charge is 0.233 e. The molecule has 1 fully saturated rings. The molecular weight excluding hydrogens is 370 g/mol. The molecule has 0 unspecified atom stereocenters. The van der Waals surface area contributed by atoms with E-state index in [4.69, 9.17) is 14.7 Å². The number of benzene rings is 2. The van der Waals surface area contributed by atoms with E-state index in [1.807, 2.05) is 71.6 Å². The number of hydrogen-bond donors (Lipinski definition) is 0. The number of hydrogen-bond acceptors (Lipinski definition) is 5. The molecule has 2 aromatic carbocycles. The summed E-state index contributed by atoms with van der Waals surface area (Å²) in [6.07, 6.45) is 0. The number of carbonyl (C=O) groups is 1. The Morgan fingerprint density at radius 3 is 1.96 bits per heavy atom. The molecule has 1 aliphatic heterocycles. The van der Waals surface area contributed by atoms with Crippen molar-refractivity contribution in [2.24, 2.45) is 0 Å². The maximum atomic E-state index is 12.5. The number of thioether (sulfide) groups is 1. The molecule has 1 saturated heterocycles. The largest absolute Gasteiger partial charge is 0.378 e. The van der Waals surface area contributed by atoms with E-state index >= 15 is 0 Å². The molecule has 1 aliphatic rings. The van der Waals surface area contributed by atoms with Crippen molar-refractivity contribution in [2.45, 2.75) is 5.16 Å². The first-order valence-electron chi connectivity index (χ1n) is 9.28. The van der Waals surface area contributed by atoms with Crippen LogP contribution in [-0.2, 0) is 9.53 Å². The minimum atomic E-state index is 0.100. The molecule has 0 spiro atoms. The number of amides is 1. The minimum Gasteiger partial charge on any atom is -0.378 e. The van der Waals surface area contributed by atoms with E-state index in [2.05, 4.69) is 0 Å². The van der Waals surface area contributed by atoms with Crippen LogP contribution in [0.25, 0.3) is 22.5 Å². The quantitative estimate of drug-likeness (QED) is 0.490. The number of ether oxygens (including phenoxy) is 1. The second kappa shape index (κ2) is 8.99. The van der Waals surface area contributed by atoms with Crippen molar-refractivity contribution < 1.29 is 9.53 Å². The van der Waals surface area contributed by atoms with Crippen LogP contribution in [0.2, 0.25) is 0 Å². The molecule has 0 bridgehead atoms. The first-order valence-corrected chi connectivity index (χ1v) is 10.3. The van der Waals surface area contributed by atoms with Gasteiger partial charge in [0.05, 0.1) is 30.4 Å². The van der Waals surface area contributed by atoms with Gasteiger partial charge in [-0.15, -0.1) is 0 Å². The normalized spacial score (nSPS) is 14.1. The zero-order valence-corrected chi connectivity index (χ0v) is 16.3. The Bertz CT molecular complexity index is 871. The molecule has 6 heteroatoms. The van der Waals surface area contributed by atoms with Crippen molar-refractivity contribution in [1.82, 2.24) is 14.9 Å². The van der Waals surface area contributed by atoms with Crippen molar-refractivity contribution in [3.63, 3.8) is 0 Å². The number of nitrogens with zero attached hydrogens (tertiary/aromatic N) is 3. The zero-order chi connectivity index (χ0) is 19.2. The van der Waals surface area contributed by atoms with Gasteiger partial charge in [0.15, 0.2) is 5.16 Å². The third-order valence-electron chi connectivity index (χ3n) is 4.53. The minimum absolute atomic E-state index is 0.100. The lowest BCUT2D eigenvalue weighted by molar-refractivity contribution is -0.132. The summed E-state index contributed by atoms with van der Waals surface area (Å²) in [6.45, 7) is 2.52. The second-order valence-electron chi connectivity index (χ2n) is 6.43. The summed E-state index contributed by atoms with van der Waals surface area (Å²) in [5, 5.41) is 0.613. The Labute approximate surface area is 168 Å². The number of morpholine rings is 1. The van der Waals surface area contributed by atoms with Crippen molar-refractivity contribution in [3.05, 3.63) is 66.7 Å². The van der Waals surface area contributed by atoms with Gasteiger partial charge in [-0.05, 0) is 6.07 Å². The molecule has 0 saturated carbocycles. The monoisotopic (exact) mass is 391 g/mol. The van der Waals surface area contributed by atoms with Crippen LogP contribution in [0.5, 0.6) is 0 Å². The first-order chi connectivity index (χ1) is 13.8. The highest BCUT2D eigenvalue weighted by molar-refractivity contribution is 7.99. The summed E-state index contributed by atoms with van der Waals surface area (Å²) >= 11 is 1.39. The van der Waals surface area contributed by atoms with E-state index in [9.17, 15) is 4.79 Å². The summed E-state index contributed by atoms with van der Waals surface area (Å²) in [5.41, 5.74) is 3.78. The summed E-state index contributed by atoms with van der Waals surface area (Å²) in [7, 11) is 0. The van der Waals surface area contributed by atoms with E-state index in [-0.39, 0.29) is 5.91 Å². The SMILES string of the molecule is O=C(CSc1nc(-c2ccccc2)cc(-c2ccccc2)n1)N1CCOCC1. The Morgan fingerprint density at radius 1 is 0.893 bits per heavy atom. The number of aromatic nitrogens is 2. The standard InChI is InChI=1S/C22H21N3O2S/c26-21(25-11-13-27-14-12-25)16-28-22-23-19(17-7-3-1-4-8-17)15-20(24-22)18-9-5-2-6-10-18/h1-10,15H,11-14,16H2. The number of carbonyl (C=O) groups excluding carboxylic acids is 1. The van der Waals surface area contributed by atoms with Crippen LogP contribution in [-0.4, -0.2) is 52.8 Å². The lowest BCUT2D eigenvalue weighted by atomic mass is 10.1. The summed E-state index contributed by atoms with van der Waals surface area (Å²) < 4.78 is 5.32. The summed E-state index contributed by atoms with van der Waals surface area (Å²) in [6, 6.07) is 22.1. The fraction of sp³-hybridized carbons (Fsp3) is 0.227. The van der Waals surface area contributed by atoms with Crippen LogP contribution < -0.4 is 0 Å². The predicted octanol–water partition coefficient (Wildman–Crippen LogP) is 3.76. The molecule has 1 amide bonds. The van der Waals surface area contributed by atoms with Gasteiger partial charge >= 0.3 is 0 Å². The van der Waals surface area contributed by atoms with Crippen molar-refractivity contribution in [1.29, 1.82) is 0 Å². The van der Waals surface area contributed by atoms with Crippen molar-refractivity contribution in [2.75, 3.05) is 32.1 Å². The molecule has 0 aliphatic carbocycles. The van der Waals surface area contributed by atoms with Gasteiger partial charge in [0.2, 0.25) is 5.91 Å². The molecule has 4 rings (SSSR count). The Morgan fingerprint density at radius 2 is 1.43 bits per heavy atom. The average molecular weight is 391 g/mol. The molecule has 0 radical (unpaired) electrons. The van der Waals surface area contributed by atoms with Gasteiger partial charge in [0.1, 0.15) is 0 Å². The Kier molecular flexibility index (Phi) is 5.99.